The van der Waals surface area contributed by atoms with Crippen molar-refractivity contribution in [2.24, 2.45) is 5.73 Å². The third kappa shape index (κ3) is 2.96. The molecule has 1 amide bonds. The first-order valence-electron chi connectivity index (χ1n) is 5.86. The lowest BCUT2D eigenvalue weighted by Gasteiger charge is -2.11. The molecule has 3 nitrogen and oxygen atoms in total. The second-order valence-electron chi connectivity index (χ2n) is 4.20. The maximum atomic E-state index is 13.9. The van der Waals surface area contributed by atoms with Gasteiger partial charge in [0.15, 0.2) is 5.82 Å². The molecule has 0 heterocycles. The summed E-state index contributed by atoms with van der Waals surface area (Å²) >= 11 is 0. The molecule has 0 aliphatic carbocycles. The highest BCUT2D eigenvalue weighted by molar-refractivity contribution is 5.94. The maximum Gasteiger partial charge on any atom is 0.254 e. The van der Waals surface area contributed by atoms with E-state index in [9.17, 15) is 22.4 Å². The first kappa shape index (κ1) is 14.8. The Labute approximate surface area is 117 Å². The van der Waals surface area contributed by atoms with Gasteiger partial charge in [-0.1, -0.05) is 6.07 Å². The molecule has 7 heteroatoms. The highest BCUT2D eigenvalue weighted by atomic mass is 19.1. The Kier molecular flexibility index (Phi) is 4.11. The third-order valence-corrected chi connectivity index (χ3v) is 2.85. The fourth-order valence-corrected chi connectivity index (χ4v) is 1.80. The van der Waals surface area contributed by atoms with E-state index in [1.54, 1.807) is 0 Å². The molecular formula is C14H10F4N2O. The van der Waals surface area contributed by atoms with E-state index in [1.165, 1.54) is 6.07 Å². The number of benzene rings is 2. The van der Waals surface area contributed by atoms with E-state index in [2.05, 4.69) is 5.32 Å². The summed E-state index contributed by atoms with van der Waals surface area (Å²) in [4.78, 5) is 11.0. The van der Waals surface area contributed by atoms with Gasteiger partial charge in [-0.05, 0) is 24.3 Å². The molecule has 0 radical (unpaired) electrons. The maximum absolute atomic E-state index is 13.9. The van der Waals surface area contributed by atoms with Crippen LogP contribution in [0.3, 0.4) is 0 Å². The Morgan fingerprint density at radius 2 is 1.62 bits per heavy atom. The molecule has 0 aromatic heterocycles. The molecule has 2 rings (SSSR count). The van der Waals surface area contributed by atoms with E-state index in [-0.39, 0.29) is 17.8 Å². The minimum absolute atomic E-state index is 0.284. The third-order valence-electron chi connectivity index (χ3n) is 2.85. The fraction of sp³-hybridized carbons (Fsp3) is 0.0714. The van der Waals surface area contributed by atoms with Gasteiger partial charge in [-0.2, -0.15) is 0 Å². The van der Waals surface area contributed by atoms with Crippen LogP contribution in [-0.2, 0) is 6.54 Å². The number of nitrogens with one attached hydrogen (secondary N) is 1. The van der Waals surface area contributed by atoms with E-state index in [0.717, 1.165) is 24.3 Å². The molecule has 0 aliphatic rings. The summed E-state index contributed by atoms with van der Waals surface area (Å²) in [6.07, 6.45) is 0. The number of nitrogens with two attached hydrogens (primary N) is 1. The molecule has 0 saturated carbocycles. The molecule has 0 unspecified atom stereocenters. The van der Waals surface area contributed by atoms with E-state index in [1.807, 2.05) is 0 Å². The molecule has 0 atom stereocenters. The molecule has 0 fully saturated rings. The molecule has 3 N–H and O–H groups in total. The molecule has 21 heavy (non-hydrogen) atoms. The Bertz CT molecular complexity index is 683. The van der Waals surface area contributed by atoms with Crippen LogP contribution in [-0.4, -0.2) is 5.91 Å². The molecule has 0 bridgehead atoms. The zero-order valence-corrected chi connectivity index (χ0v) is 10.6. The molecule has 0 spiro atoms. The molecule has 0 aliphatic heterocycles. The van der Waals surface area contributed by atoms with Gasteiger partial charge in [0, 0.05) is 12.1 Å². The smallest absolute Gasteiger partial charge is 0.254 e. The molecule has 2 aromatic carbocycles. The van der Waals surface area contributed by atoms with Gasteiger partial charge in [-0.25, -0.2) is 17.6 Å². The summed E-state index contributed by atoms with van der Waals surface area (Å²) in [5.41, 5.74) is 3.38. The van der Waals surface area contributed by atoms with Crippen molar-refractivity contribution in [3.63, 3.8) is 0 Å². The van der Waals surface area contributed by atoms with Gasteiger partial charge in [-0.3, -0.25) is 4.79 Å². The Morgan fingerprint density at radius 3 is 2.19 bits per heavy atom. The first-order valence-corrected chi connectivity index (χ1v) is 5.86. The minimum Gasteiger partial charge on any atom is -0.378 e. The molecule has 0 saturated heterocycles. The van der Waals surface area contributed by atoms with Crippen molar-refractivity contribution < 1.29 is 22.4 Å². The average Bonchev–Trinajstić information content (AvgIpc) is 2.40. The molecule has 110 valence electrons. The van der Waals surface area contributed by atoms with Crippen molar-refractivity contribution in [1.29, 1.82) is 0 Å². The highest BCUT2D eigenvalue weighted by Gasteiger charge is 2.18. The van der Waals surface area contributed by atoms with Crippen molar-refractivity contribution in [3.05, 3.63) is 64.7 Å². The number of carbonyl (C=O) groups is 1. The summed E-state index contributed by atoms with van der Waals surface area (Å²) < 4.78 is 54.0. The Hall–Kier alpha value is -2.57. The van der Waals surface area contributed by atoms with Crippen molar-refractivity contribution in [2.75, 3.05) is 5.32 Å². The van der Waals surface area contributed by atoms with Crippen molar-refractivity contribution in [1.82, 2.24) is 0 Å². The van der Waals surface area contributed by atoms with Gasteiger partial charge in [0.25, 0.3) is 5.91 Å². The summed E-state index contributed by atoms with van der Waals surface area (Å²) in [7, 11) is 0. The van der Waals surface area contributed by atoms with E-state index < -0.39 is 34.7 Å². The standard InChI is InChI=1S/C14H10F4N2O/c15-8-2-1-3-9(16)7(8)6-20-11-5-4-10(17)12(13(11)18)14(19)21/h1-5,20H,6H2,(H2,19,21). The summed E-state index contributed by atoms with van der Waals surface area (Å²) in [6.45, 7) is -0.376. The topological polar surface area (TPSA) is 55.1 Å². The predicted molar refractivity (Wildman–Crippen MR) is 68.6 cm³/mol. The number of halogens is 4. The SMILES string of the molecule is NC(=O)c1c(F)ccc(NCc2c(F)cccc2F)c1F. The van der Waals surface area contributed by atoms with E-state index >= 15 is 0 Å². The van der Waals surface area contributed by atoms with Gasteiger partial charge in [0.2, 0.25) is 0 Å². The van der Waals surface area contributed by atoms with Crippen LogP contribution in [0.1, 0.15) is 15.9 Å². The van der Waals surface area contributed by atoms with Gasteiger partial charge >= 0.3 is 0 Å². The Balaban J connectivity index is 2.29. The van der Waals surface area contributed by atoms with Crippen molar-refractivity contribution >= 4 is 11.6 Å². The largest absolute Gasteiger partial charge is 0.378 e. The van der Waals surface area contributed by atoms with Crippen LogP contribution in [0.2, 0.25) is 0 Å². The predicted octanol–water partition coefficient (Wildman–Crippen LogP) is 2.95. The van der Waals surface area contributed by atoms with Gasteiger partial charge in [0.1, 0.15) is 23.0 Å². The van der Waals surface area contributed by atoms with Crippen LogP contribution in [0.15, 0.2) is 30.3 Å². The number of rotatable bonds is 4. The number of hydrogen-bond acceptors (Lipinski definition) is 2. The average molecular weight is 298 g/mol. The zero-order chi connectivity index (χ0) is 15.6. The van der Waals surface area contributed by atoms with Gasteiger partial charge < -0.3 is 11.1 Å². The van der Waals surface area contributed by atoms with Crippen molar-refractivity contribution in [3.8, 4) is 0 Å². The molecular weight excluding hydrogens is 288 g/mol. The number of anilines is 1. The minimum atomic E-state index is -1.27. The van der Waals surface area contributed by atoms with Crippen LogP contribution in [0.5, 0.6) is 0 Å². The summed E-state index contributed by atoms with van der Waals surface area (Å²) in [6, 6.07) is 5.14. The monoisotopic (exact) mass is 298 g/mol. The first-order chi connectivity index (χ1) is 9.91. The van der Waals surface area contributed by atoms with Gasteiger partial charge in [0.05, 0.1) is 5.69 Å². The van der Waals surface area contributed by atoms with Crippen LogP contribution >= 0.6 is 0 Å². The Morgan fingerprint density at radius 1 is 1.00 bits per heavy atom. The zero-order valence-electron chi connectivity index (χ0n) is 10.6. The number of primary amides is 1. The normalized spacial score (nSPS) is 10.5. The van der Waals surface area contributed by atoms with E-state index in [4.69, 9.17) is 5.73 Å². The number of carbonyl (C=O) groups excluding carboxylic acids is 1. The van der Waals surface area contributed by atoms with Crippen LogP contribution in [0.4, 0.5) is 23.2 Å². The van der Waals surface area contributed by atoms with Crippen LogP contribution in [0, 0.1) is 23.3 Å². The van der Waals surface area contributed by atoms with Crippen molar-refractivity contribution in [2.45, 2.75) is 6.54 Å². The van der Waals surface area contributed by atoms with Crippen LogP contribution in [0.25, 0.3) is 0 Å². The lowest BCUT2D eigenvalue weighted by Crippen LogP contribution is -2.17. The second kappa shape index (κ2) is 5.82. The lowest BCUT2D eigenvalue weighted by atomic mass is 10.1. The molecule has 2 aromatic rings. The van der Waals surface area contributed by atoms with Crippen LogP contribution < -0.4 is 11.1 Å². The lowest BCUT2D eigenvalue weighted by molar-refractivity contribution is 0.0992. The van der Waals surface area contributed by atoms with Gasteiger partial charge in [-0.15, -0.1) is 0 Å². The quantitative estimate of drug-likeness (QED) is 0.853. The fourth-order valence-electron chi connectivity index (χ4n) is 1.80. The second-order valence-corrected chi connectivity index (χ2v) is 4.20. The number of amides is 1. The highest BCUT2D eigenvalue weighted by Crippen LogP contribution is 2.22. The summed E-state index contributed by atoms with van der Waals surface area (Å²) in [5, 5.41) is 2.40. The summed E-state index contributed by atoms with van der Waals surface area (Å²) in [5.74, 6) is -5.20. The number of hydrogen-bond donors (Lipinski definition) is 2. The van der Waals surface area contributed by atoms with E-state index in [0.29, 0.717) is 0 Å².